The number of nitrogens with one attached hydrogen (secondary N) is 2. The predicted molar refractivity (Wildman–Crippen MR) is 116 cm³/mol. The molecule has 0 saturated heterocycles. The lowest BCUT2D eigenvalue weighted by Crippen LogP contribution is -2.35. The van der Waals surface area contributed by atoms with Crippen molar-refractivity contribution in [2.24, 2.45) is 0 Å². The maximum absolute atomic E-state index is 12.0. The van der Waals surface area contributed by atoms with E-state index in [4.69, 9.17) is 4.74 Å². The van der Waals surface area contributed by atoms with Crippen LogP contribution in [0.25, 0.3) is 0 Å². The van der Waals surface area contributed by atoms with E-state index in [-0.39, 0.29) is 23.3 Å². The lowest BCUT2D eigenvalue weighted by Gasteiger charge is -2.13. The molecule has 2 aromatic rings. The molecule has 0 unspecified atom stereocenters. The van der Waals surface area contributed by atoms with Crippen LogP contribution in [-0.4, -0.2) is 35.4 Å². The maximum Gasteiger partial charge on any atom is 0.316 e. The van der Waals surface area contributed by atoms with Gasteiger partial charge in [-0.15, -0.1) is 11.8 Å². The van der Waals surface area contributed by atoms with Crippen LogP contribution in [0.15, 0.2) is 48.5 Å². The molecule has 154 valence electrons. The minimum absolute atomic E-state index is 0.00337. The molecular weight excluding hydrogens is 388 g/mol. The average Bonchev–Trinajstić information content (AvgIpc) is 2.69. The SMILES string of the molecule is Cc1ccc(NC(=O)CSCC(=O)O[C@H](C)C(=O)NCc2ccccc2)c(C)c1. The van der Waals surface area contributed by atoms with Crippen molar-refractivity contribution >= 4 is 35.2 Å². The molecule has 0 aliphatic heterocycles. The van der Waals surface area contributed by atoms with E-state index in [0.717, 1.165) is 34.1 Å². The van der Waals surface area contributed by atoms with Crippen LogP contribution in [0.4, 0.5) is 5.69 Å². The van der Waals surface area contributed by atoms with Crippen LogP contribution in [0.5, 0.6) is 0 Å². The number of carbonyl (C=O) groups is 3. The molecule has 29 heavy (non-hydrogen) atoms. The van der Waals surface area contributed by atoms with Crippen molar-refractivity contribution < 1.29 is 19.1 Å². The molecule has 2 amide bonds. The molecule has 0 saturated carbocycles. The summed E-state index contributed by atoms with van der Waals surface area (Å²) in [5.41, 5.74) is 3.83. The maximum atomic E-state index is 12.0. The van der Waals surface area contributed by atoms with Gasteiger partial charge in [0.25, 0.3) is 5.91 Å². The smallest absolute Gasteiger partial charge is 0.316 e. The van der Waals surface area contributed by atoms with Crippen LogP contribution in [0, 0.1) is 13.8 Å². The lowest BCUT2D eigenvalue weighted by molar-refractivity contribution is -0.152. The molecule has 0 aliphatic carbocycles. The van der Waals surface area contributed by atoms with Crippen molar-refractivity contribution in [3.05, 3.63) is 65.2 Å². The highest BCUT2D eigenvalue weighted by Crippen LogP contribution is 2.16. The molecule has 2 aromatic carbocycles. The highest BCUT2D eigenvalue weighted by Gasteiger charge is 2.17. The Morgan fingerprint density at radius 3 is 2.45 bits per heavy atom. The molecule has 0 radical (unpaired) electrons. The molecule has 0 fully saturated rings. The fraction of sp³-hybridized carbons (Fsp3) is 0.318. The lowest BCUT2D eigenvalue weighted by atomic mass is 10.1. The number of thioether (sulfide) groups is 1. The van der Waals surface area contributed by atoms with Gasteiger partial charge in [-0.2, -0.15) is 0 Å². The number of carbonyl (C=O) groups excluding carboxylic acids is 3. The second-order valence-corrected chi connectivity index (χ2v) is 7.68. The monoisotopic (exact) mass is 414 g/mol. The quantitative estimate of drug-likeness (QED) is 0.616. The molecule has 0 aliphatic rings. The number of esters is 1. The second-order valence-electron chi connectivity index (χ2n) is 6.69. The highest BCUT2D eigenvalue weighted by atomic mass is 32.2. The van der Waals surface area contributed by atoms with E-state index in [1.54, 1.807) is 0 Å². The molecule has 0 spiro atoms. The molecule has 0 heterocycles. The molecular formula is C22H26N2O4S. The fourth-order valence-corrected chi connectivity index (χ4v) is 3.18. The van der Waals surface area contributed by atoms with Gasteiger partial charge < -0.3 is 15.4 Å². The van der Waals surface area contributed by atoms with Gasteiger partial charge >= 0.3 is 5.97 Å². The molecule has 7 heteroatoms. The van der Waals surface area contributed by atoms with E-state index in [2.05, 4.69) is 10.6 Å². The normalized spacial score (nSPS) is 11.4. The summed E-state index contributed by atoms with van der Waals surface area (Å²) < 4.78 is 5.13. The topological polar surface area (TPSA) is 84.5 Å². The van der Waals surface area contributed by atoms with E-state index >= 15 is 0 Å². The Morgan fingerprint density at radius 2 is 1.76 bits per heavy atom. The van der Waals surface area contributed by atoms with E-state index in [1.165, 1.54) is 6.92 Å². The zero-order valence-corrected chi connectivity index (χ0v) is 17.7. The summed E-state index contributed by atoms with van der Waals surface area (Å²) in [7, 11) is 0. The van der Waals surface area contributed by atoms with Gasteiger partial charge in [0.1, 0.15) is 0 Å². The van der Waals surface area contributed by atoms with Crippen molar-refractivity contribution in [1.82, 2.24) is 5.32 Å². The molecule has 1 atom stereocenters. The van der Waals surface area contributed by atoms with E-state index in [9.17, 15) is 14.4 Å². The first-order chi connectivity index (χ1) is 13.8. The molecule has 0 aromatic heterocycles. The Balaban J connectivity index is 1.66. The predicted octanol–water partition coefficient (Wildman–Crippen LogP) is 3.22. The minimum Gasteiger partial charge on any atom is -0.452 e. The fourth-order valence-electron chi connectivity index (χ4n) is 2.58. The number of anilines is 1. The Bertz CT molecular complexity index is 855. The van der Waals surface area contributed by atoms with Crippen LogP contribution in [0.2, 0.25) is 0 Å². The molecule has 0 bridgehead atoms. The Morgan fingerprint density at radius 1 is 1.03 bits per heavy atom. The van der Waals surface area contributed by atoms with Crippen molar-refractivity contribution in [2.75, 3.05) is 16.8 Å². The van der Waals surface area contributed by atoms with Gasteiger partial charge in [0.2, 0.25) is 5.91 Å². The van der Waals surface area contributed by atoms with Gasteiger partial charge in [-0.3, -0.25) is 14.4 Å². The number of benzene rings is 2. The number of hydrogen-bond donors (Lipinski definition) is 2. The van der Waals surface area contributed by atoms with Crippen molar-refractivity contribution in [3.63, 3.8) is 0 Å². The number of aryl methyl sites for hydroxylation is 2. The van der Waals surface area contributed by atoms with Crippen LogP contribution in [-0.2, 0) is 25.7 Å². The first-order valence-corrected chi connectivity index (χ1v) is 10.5. The largest absolute Gasteiger partial charge is 0.452 e. The number of amides is 2. The van der Waals surface area contributed by atoms with Gasteiger partial charge in [0.15, 0.2) is 6.10 Å². The zero-order valence-electron chi connectivity index (χ0n) is 16.9. The molecule has 2 N–H and O–H groups in total. The zero-order chi connectivity index (χ0) is 21.2. The summed E-state index contributed by atoms with van der Waals surface area (Å²) in [5, 5.41) is 5.55. The van der Waals surface area contributed by atoms with Crippen LogP contribution >= 0.6 is 11.8 Å². The number of ether oxygens (including phenoxy) is 1. The van der Waals surface area contributed by atoms with Crippen LogP contribution in [0.3, 0.4) is 0 Å². The van der Waals surface area contributed by atoms with Crippen molar-refractivity contribution in [2.45, 2.75) is 33.4 Å². The Labute approximate surface area is 175 Å². The minimum atomic E-state index is -0.893. The van der Waals surface area contributed by atoms with Gasteiger partial charge in [-0.1, -0.05) is 48.0 Å². The van der Waals surface area contributed by atoms with Gasteiger partial charge in [-0.05, 0) is 38.0 Å². The third kappa shape index (κ3) is 7.99. The standard InChI is InChI=1S/C22H26N2O4S/c1-15-9-10-19(16(2)11-15)24-20(25)13-29-14-21(26)28-17(3)22(27)23-12-18-7-5-4-6-8-18/h4-11,17H,12-14H2,1-3H3,(H,23,27)(H,24,25)/t17-/m1/s1. The van der Waals surface area contributed by atoms with Crippen molar-refractivity contribution in [1.29, 1.82) is 0 Å². The van der Waals surface area contributed by atoms with Gasteiger partial charge in [0.05, 0.1) is 11.5 Å². The average molecular weight is 415 g/mol. The number of rotatable bonds is 9. The summed E-state index contributed by atoms with van der Waals surface area (Å²) in [5.74, 6) is -0.965. The summed E-state index contributed by atoms with van der Waals surface area (Å²) in [6.45, 7) is 5.81. The Hall–Kier alpha value is -2.80. The second kappa shape index (κ2) is 11.3. The summed E-state index contributed by atoms with van der Waals surface area (Å²) in [6.07, 6.45) is -0.893. The van der Waals surface area contributed by atoms with Gasteiger partial charge in [-0.25, -0.2) is 0 Å². The van der Waals surface area contributed by atoms with Crippen molar-refractivity contribution in [3.8, 4) is 0 Å². The van der Waals surface area contributed by atoms with Gasteiger partial charge in [0, 0.05) is 12.2 Å². The molecule has 2 rings (SSSR count). The third-order valence-corrected chi connectivity index (χ3v) is 5.00. The highest BCUT2D eigenvalue weighted by molar-refractivity contribution is 8.00. The van der Waals surface area contributed by atoms with Crippen LogP contribution in [0.1, 0.15) is 23.6 Å². The summed E-state index contributed by atoms with van der Waals surface area (Å²) >= 11 is 1.14. The summed E-state index contributed by atoms with van der Waals surface area (Å²) in [4.78, 5) is 36.0. The van der Waals surface area contributed by atoms with E-state index in [0.29, 0.717) is 6.54 Å². The first-order valence-electron chi connectivity index (χ1n) is 9.31. The first kappa shape index (κ1) is 22.5. The summed E-state index contributed by atoms with van der Waals surface area (Å²) in [6, 6.07) is 15.2. The van der Waals surface area contributed by atoms with Crippen LogP contribution < -0.4 is 10.6 Å². The van der Waals surface area contributed by atoms with E-state index < -0.39 is 12.1 Å². The van der Waals surface area contributed by atoms with E-state index in [1.807, 2.05) is 62.4 Å². The molecule has 6 nitrogen and oxygen atoms in total. The third-order valence-electron chi connectivity index (χ3n) is 4.10. The Kier molecular flexibility index (Phi) is 8.73. The number of hydrogen-bond acceptors (Lipinski definition) is 5.